The molecule has 3 aromatic rings. The number of benzene rings is 3. The Morgan fingerprint density at radius 2 is 1.76 bits per heavy atom. The molecule has 0 radical (unpaired) electrons. The van der Waals surface area contributed by atoms with E-state index in [2.05, 4.69) is 43.1 Å². The third kappa shape index (κ3) is 6.39. The highest BCUT2D eigenvalue weighted by atomic mass is 16.5. The predicted octanol–water partition coefficient (Wildman–Crippen LogP) is 4.85. The molecule has 0 fully saturated rings. The van der Waals surface area contributed by atoms with Crippen LogP contribution in [0.25, 0.3) is 11.1 Å². The van der Waals surface area contributed by atoms with Crippen molar-refractivity contribution in [2.45, 2.75) is 39.1 Å². The number of nitrogens with zero attached hydrogens (tertiary/aromatic N) is 2. The summed E-state index contributed by atoms with van der Waals surface area (Å²) in [5.74, 6) is 0.820. The zero-order chi connectivity index (χ0) is 26.4. The first-order valence-electron chi connectivity index (χ1n) is 12.9. The van der Waals surface area contributed by atoms with Gasteiger partial charge in [-0.05, 0) is 54.4 Å². The molecule has 0 saturated carbocycles. The summed E-state index contributed by atoms with van der Waals surface area (Å²) in [4.78, 5) is 18.0. The van der Waals surface area contributed by atoms with Crippen molar-refractivity contribution in [3.63, 3.8) is 0 Å². The number of amides is 1. The highest BCUT2D eigenvalue weighted by molar-refractivity contribution is 6.01. The van der Waals surface area contributed by atoms with Crippen LogP contribution in [0.4, 0.5) is 0 Å². The van der Waals surface area contributed by atoms with Crippen molar-refractivity contribution in [3.8, 4) is 16.9 Å². The van der Waals surface area contributed by atoms with Crippen LogP contribution in [0.15, 0.2) is 72.8 Å². The van der Waals surface area contributed by atoms with Gasteiger partial charge in [0.05, 0.1) is 32.5 Å². The van der Waals surface area contributed by atoms with Gasteiger partial charge in [0, 0.05) is 31.1 Å². The van der Waals surface area contributed by atoms with E-state index in [9.17, 15) is 9.90 Å². The van der Waals surface area contributed by atoms with E-state index < -0.39 is 0 Å². The van der Waals surface area contributed by atoms with E-state index in [0.717, 1.165) is 34.5 Å². The third-order valence-corrected chi connectivity index (χ3v) is 7.17. The highest BCUT2D eigenvalue weighted by Gasteiger charge is 2.30. The van der Waals surface area contributed by atoms with Crippen molar-refractivity contribution in [2.24, 2.45) is 5.92 Å². The van der Waals surface area contributed by atoms with Crippen LogP contribution in [0.2, 0.25) is 0 Å². The third-order valence-electron chi connectivity index (χ3n) is 7.17. The van der Waals surface area contributed by atoms with Crippen LogP contribution in [-0.4, -0.2) is 66.8 Å². The molecule has 4 rings (SSSR count). The van der Waals surface area contributed by atoms with Crippen molar-refractivity contribution in [1.82, 2.24) is 9.80 Å². The molecular formula is C31H38N2O4. The van der Waals surface area contributed by atoms with Gasteiger partial charge in [-0.1, -0.05) is 61.5 Å². The van der Waals surface area contributed by atoms with E-state index in [4.69, 9.17) is 9.47 Å². The lowest BCUT2D eigenvalue weighted by molar-refractivity contribution is -0.0241. The topological polar surface area (TPSA) is 62.2 Å². The van der Waals surface area contributed by atoms with Gasteiger partial charge in [-0.15, -0.1) is 0 Å². The fourth-order valence-electron chi connectivity index (χ4n) is 5.01. The smallest absolute Gasteiger partial charge is 0.254 e. The molecule has 6 heteroatoms. The summed E-state index contributed by atoms with van der Waals surface area (Å²) in [5, 5.41) is 10.0. The van der Waals surface area contributed by atoms with Gasteiger partial charge in [0.15, 0.2) is 0 Å². The maximum Gasteiger partial charge on any atom is 0.254 e. The molecule has 1 N–H and O–H groups in total. The van der Waals surface area contributed by atoms with E-state index in [1.807, 2.05) is 55.5 Å². The molecule has 0 bridgehead atoms. The maximum absolute atomic E-state index is 13.9. The lowest BCUT2D eigenvalue weighted by Gasteiger charge is -2.35. The van der Waals surface area contributed by atoms with E-state index in [1.165, 1.54) is 0 Å². The Morgan fingerprint density at radius 1 is 1.05 bits per heavy atom. The predicted molar refractivity (Wildman–Crippen MR) is 147 cm³/mol. The number of fused-ring (bicyclic) bond motifs is 3. The number of carbonyl (C=O) groups excluding carboxylic acids is 1. The number of hydrogen-bond acceptors (Lipinski definition) is 5. The van der Waals surface area contributed by atoms with Crippen LogP contribution >= 0.6 is 0 Å². The molecule has 0 spiro atoms. The summed E-state index contributed by atoms with van der Waals surface area (Å²) >= 11 is 0. The normalized spacial score (nSPS) is 19.1. The number of ether oxygens (including phenoxy) is 2. The van der Waals surface area contributed by atoms with Crippen molar-refractivity contribution in [2.75, 3.05) is 33.9 Å². The van der Waals surface area contributed by atoms with Crippen molar-refractivity contribution in [1.29, 1.82) is 0 Å². The van der Waals surface area contributed by atoms with Crippen LogP contribution in [0.3, 0.4) is 0 Å². The lowest BCUT2D eigenvalue weighted by atomic mass is 9.94. The van der Waals surface area contributed by atoms with E-state index in [1.54, 1.807) is 12.0 Å². The maximum atomic E-state index is 13.9. The Hall–Kier alpha value is -3.19. The van der Waals surface area contributed by atoms with Crippen molar-refractivity contribution >= 4 is 5.91 Å². The second-order valence-corrected chi connectivity index (χ2v) is 10.1. The molecule has 0 unspecified atom stereocenters. The van der Waals surface area contributed by atoms with Crippen LogP contribution in [-0.2, 0) is 17.9 Å². The molecule has 37 heavy (non-hydrogen) atoms. The summed E-state index contributed by atoms with van der Waals surface area (Å²) < 4.78 is 12.0. The summed E-state index contributed by atoms with van der Waals surface area (Å²) in [5.41, 5.74) is 4.76. The number of hydrogen-bond donors (Lipinski definition) is 1. The standard InChI is InChI=1S/C31H38N2O4/c1-22-17-33(23(2)20-34)31(35)29-15-8-7-14-28(29)27-13-6-5-11-25(27)21-37-30(22)19-32(3)18-24-10-9-12-26(16-24)36-4/h5-16,22-23,30,34H,17-21H2,1-4H3/t22-,23-,30-/m0/s1. The van der Waals surface area contributed by atoms with Crippen LogP contribution in [0.5, 0.6) is 5.75 Å². The number of likely N-dealkylation sites (N-methyl/N-ethyl adjacent to an activating group) is 1. The second-order valence-electron chi connectivity index (χ2n) is 10.1. The van der Waals surface area contributed by atoms with Gasteiger partial charge >= 0.3 is 0 Å². The zero-order valence-electron chi connectivity index (χ0n) is 22.3. The van der Waals surface area contributed by atoms with Crippen LogP contribution in [0.1, 0.15) is 35.3 Å². The first-order chi connectivity index (χ1) is 17.9. The molecule has 0 aliphatic carbocycles. The number of aliphatic hydroxyl groups is 1. The van der Waals surface area contributed by atoms with E-state index in [-0.39, 0.29) is 30.6 Å². The van der Waals surface area contributed by atoms with Gasteiger partial charge in [-0.2, -0.15) is 0 Å². The summed E-state index contributed by atoms with van der Waals surface area (Å²) in [6, 6.07) is 23.7. The first-order valence-corrected chi connectivity index (χ1v) is 12.9. The minimum Gasteiger partial charge on any atom is -0.497 e. The molecule has 0 aromatic heterocycles. The monoisotopic (exact) mass is 502 g/mol. The lowest BCUT2D eigenvalue weighted by Crippen LogP contribution is -2.47. The minimum atomic E-state index is -0.311. The molecule has 196 valence electrons. The SMILES string of the molecule is COc1cccc(CN(C)C[C@@H]2OCc3ccccc3-c3ccccc3C(=O)N([C@@H](C)CO)C[C@@H]2C)c1. The number of methoxy groups -OCH3 is 1. The van der Waals surface area contributed by atoms with Crippen molar-refractivity contribution in [3.05, 3.63) is 89.5 Å². The molecule has 0 saturated heterocycles. The average Bonchev–Trinajstić information content (AvgIpc) is 2.94. The number of rotatable bonds is 7. The fourth-order valence-corrected chi connectivity index (χ4v) is 5.01. The Kier molecular flexibility index (Phi) is 8.98. The molecule has 1 amide bonds. The van der Waals surface area contributed by atoms with E-state index >= 15 is 0 Å². The van der Waals surface area contributed by atoms with E-state index in [0.29, 0.717) is 25.3 Å². The minimum absolute atomic E-state index is 0.0446. The van der Waals surface area contributed by atoms with Gasteiger partial charge in [0.2, 0.25) is 0 Å². The van der Waals surface area contributed by atoms with Gasteiger partial charge in [-0.25, -0.2) is 0 Å². The Bertz CT molecular complexity index is 1200. The van der Waals surface area contributed by atoms with Crippen LogP contribution < -0.4 is 4.74 Å². The first kappa shape index (κ1) is 26.9. The molecule has 3 atom stereocenters. The highest BCUT2D eigenvalue weighted by Crippen LogP contribution is 2.31. The summed E-state index contributed by atoms with van der Waals surface area (Å²) in [6.45, 7) is 6.32. The number of aliphatic hydroxyl groups excluding tert-OH is 1. The van der Waals surface area contributed by atoms with Crippen LogP contribution in [0, 0.1) is 5.92 Å². The quantitative estimate of drug-likeness (QED) is 0.500. The van der Waals surface area contributed by atoms with Gasteiger partial charge in [0.1, 0.15) is 5.75 Å². The zero-order valence-corrected chi connectivity index (χ0v) is 22.3. The molecular weight excluding hydrogens is 464 g/mol. The van der Waals surface area contributed by atoms with Gasteiger partial charge in [0.25, 0.3) is 5.91 Å². The van der Waals surface area contributed by atoms with Crippen molar-refractivity contribution < 1.29 is 19.4 Å². The molecule has 1 aliphatic heterocycles. The Morgan fingerprint density at radius 3 is 2.49 bits per heavy atom. The number of carbonyl (C=O) groups is 1. The summed E-state index contributed by atoms with van der Waals surface area (Å²) in [7, 11) is 3.77. The molecule has 3 aromatic carbocycles. The Labute approximate surface area is 220 Å². The summed E-state index contributed by atoms with van der Waals surface area (Å²) in [6.07, 6.45) is -0.119. The fraction of sp³-hybridized carbons (Fsp3) is 0.387. The Balaban J connectivity index is 1.66. The molecule has 6 nitrogen and oxygen atoms in total. The molecule has 1 heterocycles. The largest absolute Gasteiger partial charge is 0.497 e. The second kappa shape index (κ2) is 12.4. The molecule has 1 aliphatic rings. The van der Waals surface area contributed by atoms with Gasteiger partial charge < -0.3 is 19.5 Å². The van der Waals surface area contributed by atoms with Gasteiger partial charge in [-0.3, -0.25) is 9.69 Å². The average molecular weight is 503 g/mol.